The van der Waals surface area contributed by atoms with E-state index in [0.29, 0.717) is 0 Å². The SMILES string of the molecule is Cc1cccc(C)c1CNc1cc(NC(=O)C2CCCC2)cn2c(C)c(C)nc12. The maximum atomic E-state index is 12.7. The molecular weight excluding hydrogens is 360 g/mol. The third-order valence-electron chi connectivity index (χ3n) is 6.29. The Balaban J connectivity index is 1.66. The number of aromatic nitrogens is 2. The van der Waals surface area contributed by atoms with Crippen LogP contribution in [0.1, 0.15) is 53.8 Å². The van der Waals surface area contributed by atoms with Gasteiger partial charge in [0.1, 0.15) is 0 Å². The van der Waals surface area contributed by atoms with E-state index in [4.69, 9.17) is 4.98 Å². The molecule has 1 aliphatic carbocycles. The Hall–Kier alpha value is -2.82. The zero-order chi connectivity index (χ0) is 20.5. The number of nitrogens with zero attached hydrogens (tertiary/aromatic N) is 2. The van der Waals surface area contributed by atoms with Crippen LogP contribution in [-0.2, 0) is 11.3 Å². The summed E-state index contributed by atoms with van der Waals surface area (Å²) in [5.74, 6) is 0.277. The van der Waals surface area contributed by atoms with Crippen LogP contribution < -0.4 is 10.6 Å². The first kappa shape index (κ1) is 19.5. The Kier molecular flexibility index (Phi) is 5.31. The first-order valence-electron chi connectivity index (χ1n) is 10.5. The van der Waals surface area contributed by atoms with Crippen molar-refractivity contribution in [3.63, 3.8) is 0 Å². The number of fused-ring (bicyclic) bond motifs is 1. The highest BCUT2D eigenvalue weighted by atomic mass is 16.1. The van der Waals surface area contributed by atoms with Crippen LogP contribution in [0.4, 0.5) is 11.4 Å². The van der Waals surface area contributed by atoms with Crippen LogP contribution >= 0.6 is 0 Å². The largest absolute Gasteiger partial charge is 0.378 e. The van der Waals surface area contributed by atoms with Gasteiger partial charge in [-0.3, -0.25) is 4.79 Å². The molecule has 1 saturated carbocycles. The minimum Gasteiger partial charge on any atom is -0.378 e. The van der Waals surface area contributed by atoms with Crippen molar-refractivity contribution in [2.75, 3.05) is 10.6 Å². The lowest BCUT2D eigenvalue weighted by Gasteiger charge is -2.16. The summed E-state index contributed by atoms with van der Waals surface area (Å²) >= 11 is 0. The van der Waals surface area contributed by atoms with Gasteiger partial charge in [0.25, 0.3) is 0 Å². The molecule has 3 aromatic rings. The molecule has 0 saturated heterocycles. The Bertz CT molecular complexity index is 1040. The molecule has 0 bridgehead atoms. The molecule has 2 N–H and O–H groups in total. The molecule has 1 aliphatic rings. The lowest BCUT2D eigenvalue weighted by molar-refractivity contribution is -0.119. The van der Waals surface area contributed by atoms with Gasteiger partial charge in [-0.1, -0.05) is 31.0 Å². The number of benzene rings is 1. The van der Waals surface area contributed by atoms with Crippen molar-refractivity contribution >= 4 is 22.9 Å². The molecule has 4 rings (SSSR count). The number of carbonyl (C=O) groups is 1. The van der Waals surface area contributed by atoms with Crippen molar-refractivity contribution in [3.05, 3.63) is 58.5 Å². The van der Waals surface area contributed by atoms with Crippen LogP contribution in [0, 0.1) is 33.6 Å². The lowest BCUT2D eigenvalue weighted by Crippen LogP contribution is -2.20. The number of pyridine rings is 1. The number of nitrogens with one attached hydrogen (secondary N) is 2. The van der Waals surface area contributed by atoms with E-state index in [1.54, 1.807) is 0 Å². The monoisotopic (exact) mass is 390 g/mol. The molecule has 5 heteroatoms. The van der Waals surface area contributed by atoms with Gasteiger partial charge in [-0.2, -0.15) is 0 Å². The summed E-state index contributed by atoms with van der Waals surface area (Å²) in [5, 5.41) is 6.72. The van der Waals surface area contributed by atoms with Gasteiger partial charge in [-0.15, -0.1) is 0 Å². The fourth-order valence-electron chi connectivity index (χ4n) is 4.31. The number of rotatable bonds is 5. The highest BCUT2D eigenvalue weighted by Gasteiger charge is 2.23. The van der Waals surface area contributed by atoms with Crippen LogP contribution in [0.25, 0.3) is 5.65 Å². The lowest BCUT2D eigenvalue weighted by atomic mass is 10.0. The van der Waals surface area contributed by atoms with Crippen molar-refractivity contribution in [1.29, 1.82) is 0 Å². The highest BCUT2D eigenvalue weighted by molar-refractivity contribution is 5.93. The van der Waals surface area contributed by atoms with Gasteiger partial charge in [0.2, 0.25) is 5.91 Å². The van der Waals surface area contributed by atoms with Crippen molar-refractivity contribution in [2.45, 2.75) is 59.9 Å². The summed E-state index contributed by atoms with van der Waals surface area (Å²) in [6.45, 7) is 9.09. The minimum absolute atomic E-state index is 0.136. The average molecular weight is 391 g/mol. The van der Waals surface area contributed by atoms with Crippen LogP contribution in [-0.4, -0.2) is 15.3 Å². The molecule has 1 fully saturated rings. The zero-order valence-corrected chi connectivity index (χ0v) is 17.8. The van der Waals surface area contributed by atoms with Gasteiger partial charge >= 0.3 is 0 Å². The topological polar surface area (TPSA) is 58.4 Å². The van der Waals surface area contributed by atoms with E-state index >= 15 is 0 Å². The second kappa shape index (κ2) is 7.90. The van der Waals surface area contributed by atoms with Gasteiger partial charge < -0.3 is 15.0 Å². The summed E-state index contributed by atoms with van der Waals surface area (Å²) < 4.78 is 2.08. The highest BCUT2D eigenvalue weighted by Crippen LogP contribution is 2.29. The summed E-state index contributed by atoms with van der Waals surface area (Å²) in [4.78, 5) is 17.4. The van der Waals surface area contributed by atoms with Crippen LogP contribution in [0.5, 0.6) is 0 Å². The van der Waals surface area contributed by atoms with Crippen molar-refractivity contribution in [3.8, 4) is 0 Å². The Labute approximate surface area is 172 Å². The first-order valence-corrected chi connectivity index (χ1v) is 10.5. The molecule has 2 heterocycles. The van der Waals surface area contributed by atoms with E-state index in [1.165, 1.54) is 16.7 Å². The van der Waals surface area contributed by atoms with Crippen LogP contribution in [0.15, 0.2) is 30.5 Å². The molecular formula is C24H30N4O. The summed E-state index contributed by atoms with van der Waals surface area (Å²) in [6.07, 6.45) is 6.28. The van der Waals surface area contributed by atoms with E-state index in [2.05, 4.69) is 54.0 Å². The van der Waals surface area contributed by atoms with E-state index in [9.17, 15) is 4.79 Å². The van der Waals surface area contributed by atoms with E-state index < -0.39 is 0 Å². The molecule has 152 valence electrons. The van der Waals surface area contributed by atoms with E-state index in [0.717, 1.165) is 60.6 Å². The quantitative estimate of drug-likeness (QED) is 0.621. The van der Waals surface area contributed by atoms with Gasteiger partial charge in [0, 0.05) is 24.4 Å². The van der Waals surface area contributed by atoms with E-state index in [1.807, 2.05) is 19.2 Å². The molecule has 0 spiro atoms. The van der Waals surface area contributed by atoms with Crippen LogP contribution in [0.3, 0.4) is 0 Å². The molecule has 0 radical (unpaired) electrons. The number of aryl methyl sites for hydroxylation is 4. The van der Waals surface area contributed by atoms with E-state index in [-0.39, 0.29) is 11.8 Å². The van der Waals surface area contributed by atoms with Gasteiger partial charge in [-0.05, 0) is 63.3 Å². The summed E-state index contributed by atoms with van der Waals surface area (Å²) in [7, 11) is 0. The van der Waals surface area contributed by atoms with Crippen molar-refractivity contribution in [2.24, 2.45) is 5.92 Å². The smallest absolute Gasteiger partial charge is 0.227 e. The minimum atomic E-state index is 0.136. The fraction of sp³-hybridized carbons (Fsp3) is 0.417. The van der Waals surface area contributed by atoms with Gasteiger partial charge in [0.15, 0.2) is 5.65 Å². The maximum absolute atomic E-state index is 12.7. The number of hydrogen-bond donors (Lipinski definition) is 2. The maximum Gasteiger partial charge on any atom is 0.227 e. The molecule has 1 aromatic carbocycles. The molecule has 5 nitrogen and oxygen atoms in total. The molecule has 2 aromatic heterocycles. The Morgan fingerprint density at radius 1 is 1.14 bits per heavy atom. The number of carbonyl (C=O) groups excluding carboxylic acids is 1. The molecule has 1 amide bonds. The predicted molar refractivity (Wildman–Crippen MR) is 118 cm³/mol. The van der Waals surface area contributed by atoms with Crippen molar-refractivity contribution in [1.82, 2.24) is 9.38 Å². The number of amides is 1. The zero-order valence-electron chi connectivity index (χ0n) is 17.8. The number of imidazole rings is 1. The van der Waals surface area contributed by atoms with Gasteiger partial charge in [0.05, 0.1) is 17.1 Å². The normalized spacial score (nSPS) is 14.5. The van der Waals surface area contributed by atoms with Gasteiger partial charge in [-0.25, -0.2) is 4.98 Å². The Morgan fingerprint density at radius 2 is 1.83 bits per heavy atom. The molecule has 0 aliphatic heterocycles. The number of anilines is 2. The standard InChI is InChI=1S/C24H30N4O/c1-15-8-7-9-16(2)21(15)13-25-22-12-20(27-24(29)19-10-5-6-11-19)14-28-18(4)17(3)26-23(22)28/h7-9,12,14,19,25H,5-6,10-11,13H2,1-4H3,(H,27,29). The van der Waals surface area contributed by atoms with Crippen LogP contribution in [0.2, 0.25) is 0 Å². The fourth-order valence-corrected chi connectivity index (χ4v) is 4.31. The molecule has 0 unspecified atom stereocenters. The summed E-state index contributed by atoms with van der Waals surface area (Å²) in [6, 6.07) is 8.39. The summed E-state index contributed by atoms with van der Waals surface area (Å²) in [5.41, 5.74) is 8.58. The van der Waals surface area contributed by atoms with Crippen molar-refractivity contribution < 1.29 is 4.79 Å². The third-order valence-corrected chi connectivity index (χ3v) is 6.29. The number of hydrogen-bond acceptors (Lipinski definition) is 3. The predicted octanol–water partition coefficient (Wildman–Crippen LogP) is 5.31. The molecule has 0 atom stereocenters. The molecule has 29 heavy (non-hydrogen) atoms. The third kappa shape index (κ3) is 3.86. The second-order valence-electron chi connectivity index (χ2n) is 8.31. The average Bonchev–Trinajstić information content (AvgIpc) is 3.31. The second-order valence-corrected chi connectivity index (χ2v) is 8.31. The first-order chi connectivity index (χ1) is 13.9. The Morgan fingerprint density at radius 3 is 2.52 bits per heavy atom.